The Kier molecular flexibility index (Phi) is 6.85. The molecular weight excluding hydrogens is 469 g/mol. The molecule has 2 saturated heterocycles. The number of piperidine rings is 1. The number of benzene rings is 2. The van der Waals surface area contributed by atoms with Crippen LogP contribution >= 0.6 is 0 Å². The highest BCUT2D eigenvalue weighted by Gasteiger charge is 2.39. The lowest BCUT2D eigenvalue weighted by molar-refractivity contribution is -0.119. The van der Waals surface area contributed by atoms with Crippen LogP contribution in [0.25, 0.3) is 0 Å². The van der Waals surface area contributed by atoms with Crippen LogP contribution in [0.15, 0.2) is 58.3 Å². The van der Waals surface area contributed by atoms with Crippen molar-refractivity contribution in [3.05, 3.63) is 54.3 Å². The Hall–Kier alpha value is -2.34. The minimum Gasteiger partial charge on any atom is -0.325 e. The molecule has 1 unspecified atom stereocenters. The second-order valence-corrected chi connectivity index (χ2v) is 12.0. The molecule has 2 aromatic carbocycles. The first-order valence-corrected chi connectivity index (χ1v) is 13.8. The minimum absolute atomic E-state index is 0.0733. The molecule has 1 amide bonds. The van der Waals surface area contributed by atoms with E-state index in [0.717, 1.165) is 35.7 Å². The molecule has 0 aliphatic carbocycles. The summed E-state index contributed by atoms with van der Waals surface area (Å²) in [5.74, 6) is -1.04. The van der Waals surface area contributed by atoms with Crippen LogP contribution in [-0.2, 0) is 24.8 Å². The standard InChI is InChI=1S/C22H26FN3O5S2/c23-17-6-10-20(11-7-17)33(30,31)26-16-4-5-21(26)22(27)24-18-8-12-19(13-9-18)32(28,29)25-14-2-1-3-15-25/h6-13,21H,1-5,14-16H2,(H,24,27). The summed E-state index contributed by atoms with van der Waals surface area (Å²) >= 11 is 0. The first kappa shape index (κ1) is 23.8. The van der Waals surface area contributed by atoms with Crippen molar-refractivity contribution in [1.82, 2.24) is 8.61 Å². The fraction of sp³-hybridized carbons (Fsp3) is 0.409. The third-order valence-electron chi connectivity index (χ3n) is 6.00. The van der Waals surface area contributed by atoms with E-state index in [1.165, 1.54) is 40.7 Å². The molecule has 0 radical (unpaired) electrons. The number of halogens is 1. The van der Waals surface area contributed by atoms with E-state index < -0.39 is 37.8 Å². The van der Waals surface area contributed by atoms with Crippen LogP contribution in [0.2, 0.25) is 0 Å². The van der Waals surface area contributed by atoms with Gasteiger partial charge in [0.2, 0.25) is 26.0 Å². The number of amides is 1. The summed E-state index contributed by atoms with van der Waals surface area (Å²) in [5.41, 5.74) is 0.378. The number of nitrogens with one attached hydrogen (secondary N) is 1. The third kappa shape index (κ3) is 4.96. The van der Waals surface area contributed by atoms with Gasteiger partial charge in [0.25, 0.3) is 0 Å². The van der Waals surface area contributed by atoms with Crippen molar-refractivity contribution in [2.24, 2.45) is 0 Å². The van der Waals surface area contributed by atoms with Gasteiger partial charge in [-0.15, -0.1) is 0 Å². The second kappa shape index (κ2) is 9.49. The predicted molar refractivity (Wildman–Crippen MR) is 121 cm³/mol. The minimum atomic E-state index is -3.96. The van der Waals surface area contributed by atoms with Gasteiger partial charge in [0.1, 0.15) is 11.9 Å². The van der Waals surface area contributed by atoms with E-state index in [1.807, 2.05) is 0 Å². The second-order valence-electron chi connectivity index (χ2n) is 8.21. The van der Waals surface area contributed by atoms with Gasteiger partial charge < -0.3 is 5.32 Å². The van der Waals surface area contributed by atoms with E-state index >= 15 is 0 Å². The molecule has 33 heavy (non-hydrogen) atoms. The Morgan fingerprint density at radius 3 is 2.00 bits per heavy atom. The monoisotopic (exact) mass is 495 g/mol. The molecule has 2 aliphatic rings. The molecule has 0 spiro atoms. The molecule has 4 rings (SSSR count). The van der Waals surface area contributed by atoms with Crippen LogP contribution in [0, 0.1) is 5.82 Å². The van der Waals surface area contributed by atoms with Crippen molar-refractivity contribution in [1.29, 1.82) is 0 Å². The molecule has 11 heteroatoms. The number of carbonyl (C=O) groups is 1. The van der Waals surface area contributed by atoms with Gasteiger partial charge in [0.05, 0.1) is 9.79 Å². The molecule has 1 atom stereocenters. The lowest BCUT2D eigenvalue weighted by Gasteiger charge is -2.26. The number of anilines is 1. The molecule has 0 aromatic heterocycles. The van der Waals surface area contributed by atoms with Crippen LogP contribution in [0.4, 0.5) is 10.1 Å². The van der Waals surface area contributed by atoms with Gasteiger partial charge in [-0.2, -0.15) is 8.61 Å². The summed E-state index contributed by atoms with van der Waals surface area (Å²) in [7, 11) is -7.54. The van der Waals surface area contributed by atoms with Gasteiger partial charge in [0, 0.05) is 25.3 Å². The van der Waals surface area contributed by atoms with Crippen molar-refractivity contribution >= 4 is 31.6 Å². The van der Waals surface area contributed by atoms with Crippen molar-refractivity contribution in [2.45, 2.75) is 47.9 Å². The molecule has 8 nitrogen and oxygen atoms in total. The lowest BCUT2D eigenvalue weighted by Crippen LogP contribution is -2.43. The van der Waals surface area contributed by atoms with E-state index in [9.17, 15) is 26.0 Å². The van der Waals surface area contributed by atoms with Crippen LogP contribution in [0.1, 0.15) is 32.1 Å². The van der Waals surface area contributed by atoms with Gasteiger partial charge in [-0.3, -0.25) is 4.79 Å². The number of sulfonamides is 2. The summed E-state index contributed by atoms with van der Waals surface area (Å²) < 4.78 is 67.3. The Morgan fingerprint density at radius 1 is 0.788 bits per heavy atom. The first-order valence-electron chi connectivity index (χ1n) is 10.9. The molecule has 2 aromatic rings. The highest BCUT2D eigenvalue weighted by Crippen LogP contribution is 2.28. The van der Waals surface area contributed by atoms with Crippen LogP contribution in [0.3, 0.4) is 0 Å². The van der Waals surface area contributed by atoms with E-state index in [0.29, 0.717) is 31.6 Å². The Labute approximate surface area is 193 Å². The maximum absolute atomic E-state index is 13.2. The molecule has 178 valence electrons. The highest BCUT2D eigenvalue weighted by atomic mass is 32.2. The largest absolute Gasteiger partial charge is 0.325 e. The molecule has 2 heterocycles. The quantitative estimate of drug-likeness (QED) is 0.664. The number of hydrogen-bond donors (Lipinski definition) is 1. The van der Waals surface area contributed by atoms with Gasteiger partial charge in [-0.25, -0.2) is 21.2 Å². The Balaban J connectivity index is 1.47. The molecule has 1 N–H and O–H groups in total. The zero-order chi connectivity index (χ0) is 23.6. The summed E-state index contributed by atoms with van der Waals surface area (Å²) in [5, 5.41) is 2.69. The van der Waals surface area contributed by atoms with Crippen LogP contribution in [0.5, 0.6) is 0 Å². The average Bonchev–Trinajstić information content (AvgIpc) is 3.32. The number of rotatable bonds is 6. The van der Waals surface area contributed by atoms with E-state index in [-0.39, 0.29) is 16.3 Å². The van der Waals surface area contributed by atoms with Crippen molar-refractivity contribution < 1.29 is 26.0 Å². The lowest BCUT2D eigenvalue weighted by atomic mass is 10.2. The summed E-state index contributed by atoms with van der Waals surface area (Å²) in [6.07, 6.45) is 3.57. The summed E-state index contributed by atoms with van der Waals surface area (Å²) in [4.78, 5) is 13.0. The van der Waals surface area contributed by atoms with E-state index in [2.05, 4.69) is 5.32 Å². The summed E-state index contributed by atoms with van der Waals surface area (Å²) in [6.45, 7) is 1.19. The van der Waals surface area contributed by atoms with Crippen LogP contribution in [-0.4, -0.2) is 57.0 Å². The fourth-order valence-electron chi connectivity index (χ4n) is 4.22. The predicted octanol–water partition coefficient (Wildman–Crippen LogP) is 2.79. The maximum atomic E-state index is 13.2. The number of nitrogens with zero attached hydrogens (tertiary/aromatic N) is 2. The molecular formula is C22H26FN3O5S2. The van der Waals surface area contributed by atoms with E-state index in [1.54, 1.807) is 0 Å². The Morgan fingerprint density at radius 2 is 1.36 bits per heavy atom. The average molecular weight is 496 g/mol. The molecule has 0 bridgehead atoms. The van der Waals surface area contributed by atoms with Crippen molar-refractivity contribution in [3.8, 4) is 0 Å². The zero-order valence-corrected chi connectivity index (χ0v) is 19.6. The molecule has 2 fully saturated rings. The third-order valence-corrected chi connectivity index (χ3v) is 9.84. The van der Waals surface area contributed by atoms with Crippen LogP contribution < -0.4 is 5.32 Å². The van der Waals surface area contributed by atoms with E-state index in [4.69, 9.17) is 0 Å². The normalized spacial score (nSPS) is 20.6. The van der Waals surface area contributed by atoms with Crippen molar-refractivity contribution in [3.63, 3.8) is 0 Å². The Bertz CT molecular complexity index is 1210. The topological polar surface area (TPSA) is 104 Å². The zero-order valence-electron chi connectivity index (χ0n) is 18.0. The van der Waals surface area contributed by atoms with Gasteiger partial charge in [-0.05, 0) is 74.2 Å². The smallest absolute Gasteiger partial charge is 0.243 e. The van der Waals surface area contributed by atoms with Gasteiger partial charge in [0.15, 0.2) is 0 Å². The first-order chi connectivity index (χ1) is 15.7. The maximum Gasteiger partial charge on any atom is 0.243 e. The SMILES string of the molecule is O=C(Nc1ccc(S(=O)(=O)N2CCCCC2)cc1)C1CCCN1S(=O)(=O)c1ccc(F)cc1. The van der Waals surface area contributed by atoms with Gasteiger partial charge >= 0.3 is 0 Å². The molecule has 2 aliphatic heterocycles. The number of carbonyl (C=O) groups excluding carboxylic acids is 1. The van der Waals surface area contributed by atoms with Gasteiger partial charge in [-0.1, -0.05) is 6.42 Å². The highest BCUT2D eigenvalue weighted by molar-refractivity contribution is 7.89. The molecule has 0 saturated carbocycles. The fourth-order valence-corrected chi connectivity index (χ4v) is 7.40. The number of hydrogen-bond acceptors (Lipinski definition) is 5. The summed E-state index contributed by atoms with van der Waals surface area (Å²) in [6, 6.07) is 9.48. The van der Waals surface area contributed by atoms with Crippen molar-refractivity contribution in [2.75, 3.05) is 25.0 Å².